The Balaban J connectivity index is 1.31. The quantitative estimate of drug-likeness (QED) is 0.159. The fourth-order valence-corrected chi connectivity index (χ4v) is 5.87. The van der Waals surface area contributed by atoms with E-state index >= 15 is 0 Å². The Labute approximate surface area is 279 Å². The molecule has 3 heterocycles. The molecule has 47 heavy (non-hydrogen) atoms. The van der Waals surface area contributed by atoms with E-state index in [1.807, 2.05) is 36.5 Å². The number of fused-ring (bicyclic) bond motifs is 1. The van der Waals surface area contributed by atoms with Crippen molar-refractivity contribution in [2.45, 2.75) is 32.1 Å². The summed E-state index contributed by atoms with van der Waals surface area (Å²) in [5.74, 6) is -0.683. The number of benzene rings is 3. The molecule has 0 bridgehead atoms. The summed E-state index contributed by atoms with van der Waals surface area (Å²) in [6.45, 7) is -1.13. The van der Waals surface area contributed by atoms with Crippen LogP contribution in [0.1, 0.15) is 38.5 Å². The highest BCUT2D eigenvalue weighted by molar-refractivity contribution is 9.10. The van der Waals surface area contributed by atoms with Crippen molar-refractivity contribution in [1.29, 1.82) is 0 Å². The minimum Gasteiger partial charge on any atom is -0.484 e. The largest absolute Gasteiger partial charge is 0.484 e. The Hall–Kier alpha value is -4.62. The molecule has 6 rings (SSSR count). The van der Waals surface area contributed by atoms with Crippen LogP contribution in [0.5, 0.6) is 5.75 Å². The summed E-state index contributed by atoms with van der Waals surface area (Å²) in [6.07, 6.45) is -0.582. The number of Topliss-reactive ketones (excluding diaryl/α,β-unsaturated/α-hetero) is 1. The number of amides is 1. The minimum absolute atomic E-state index is 0.0127. The van der Waals surface area contributed by atoms with Gasteiger partial charge in [0.25, 0.3) is 5.91 Å². The number of rotatable bonds is 9. The first kappa shape index (κ1) is 32.3. The van der Waals surface area contributed by atoms with Crippen LogP contribution in [-0.2, 0) is 19.5 Å². The smallest absolute Gasteiger partial charge is 0.422 e. The molecule has 1 amide bonds. The Morgan fingerprint density at radius 3 is 2.36 bits per heavy atom. The van der Waals surface area contributed by atoms with Crippen molar-refractivity contribution < 1.29 is 27.5 Å². The zero-order valence-electron chi connectivity index (χ0n) is 24.6. The maximum atomic E-state index is 14.0. The van der Waals surface area contributed by atoms with E-state index in [0.29, 0.717) is 27.2 Å². The number of carbonyl (C=O) groups excluding carboxylic acids is 2. The molecule has 0 radical (unpaired) electrons. The summed E-state index contributed by atoms with van der Waals surface area (Å²) in [6, 6.07) is 19.7. The van der Waals surface area contributed by atoms with Gasteiger partial charge in [0.15, 0.2) is 12.4 Å². The summed E-state index contributed by atoms with van der Waals surface area (Å²) in [5, 5.41) is 4.59. The molecule has 14 heteroatoms. The highest BCUT2D eigenvalue weighted by Gasteiger charge is 2.32. The lowest BCUT2D eigenvalue weighted by Gasteiger charge is -2.28. The third-order valence-electron chi connectivity index (χ3n) is 7.74. The van der Waals surface area contributed by atoms with Gasteiger partial charge < -0.3 is 9.64 Å². The molecule has 2 aromatic heterocycles. The van der Waals surface area contributed by atoms with Crippen LogP contribution in [0.15, 0.2) is 94.5 Å². The number of ketones is 1. The molecule has 0 aliphatic carbocycles. The van der Waals surface area contributed by atoms with Crippen molar-refractivity contribution in [2.24, 2.45) is 0 Å². The van der Waals surface area contributed by atoms with Crippen molar-refractivity contribution in [3.8, 4) is 17.1 Å². The Bertz CT molecular complexity index is 1990. The molecule has 1 aliphatic rings. The first-order valence-electron chi connectivity index (χ1n) is 14.5. The van der Waals surface area contributed by atoms with Gasteiger partial charge in [0.1, 0.15) is 11.4 Å². The number of halogens is 5. The van der Waals surface area contributed by atoms with E-state index in [4.69, 9.17) is 16.3 Å². The van der Waals surface area contributed by atoms with Crippen LogP contribution in [-0.4, -0.2) is 54.8 Å². The molecule has 0 saturated carbocycles. The standard InChI is InChI=1S/C33H26BrClF3N5O4/c34-26-12-5-22(18-27(26)35)31(45)40-16-17-41-28(19-40)30(29(44)13-4-21-2-6-23(7-3-21)42-15-1-14-39-42)43(32(41)46)24-8-10-25(11-9-24)47-20-33(36,37)38/h1-3,5-12,14-15,18H,4,13,16-17,19-20H2. The van der Waals surface area contributed by atoms with E-state index in [0.717, 1.165) is 11.3 Å². The van der Waals surface area contributed by atoms with Crippen LogP contribution < -0.4 is 10.4 Å². The highest BCUT2D eigenvalue weighted by Crippen LogP contribution is 2.27. The monoisotopic (exact) mass is 727 g/mol. The number of hydrogen-bond donors (Lipinski definition) is 0. The Morgan fingerprint density at radius 2 is 1.70 bits per heavy atom. The average molecular weight is 729 g/mol. The van der Waals surface area contributed by atoms with Crippen LogP contribution in [0.4, 0.5) is 13.2 Å². The molecule has 0 N–H and O–H groups in total. The average Bonchev–Trinajstić information content (AvgIpc) is 3.70. The van der Waals surface area contributed by atoms with Gasteiger partial charge in [0.2, 0.25) is 0 Å². The van der Waals surface area contributed by atoms with Crippen molar-refractivity contribution in [2.75, 3.05) is 13.2 Å². The molecule has 3 aromatic carbocycles. The summed E-state index contributed by atoms with van der Waals surface area (Å²) >= 11 is 9.55. The summed E-state index contributed by atoms with van der Waals surface area (Å²) < 4.78 is 47.9. The fourth-order valence-electron chi connectivity index (χ4n) is 5.44. The Morgan fingerprint density at radius 1 is 0.979 bits per heavy atom. The van der Waals surface area contributed by atoms with Crippen LogP contribution in [0.2, 0.25) is 5.02 Å². The third kappa shape index (κ3) is 7.05. The number of hydrogen-bond acceptors (Lipinski definition) is 5. The normalized spacial score (nSPS) is 13.0. The van der Waals surface area contributed by atoms with E-state index in [-0.39, 0.29) is 54.9 Å². The maximum Gasteiger partial charge on any atom is 0.422 e. The number of alkyl halides is 3. The molecule has 0 fully saturated rings. The van der Waals surface area contributed by atoms with Gasteiger partial charge in [-0.05, 0) is 88.6 Å². The second-order valence-corrected chi connectivity index (χ2v) is 12.1. The van der Waals surface area contributed by atoms with Crippen LogP contribution >= 0.6 is 27.5 Å². The van der Waals surface area contributed by atoms with Gasteiger partial charge in [-0.25, -0.2) is 9.48 Å². The highest BCUT2D eigenvalue weighted by atomic mass is 79.9. The SMILES string of the molecule is O=C(CCc1ccc(-n2cccn2)cc1)c1c2n(c(=O)n1-c1ccc(OCC(F)(F)F)cc1)CCN(C(=O)c1ccc(Br)c(Cl)c1)C2. The first-order chi connectivity index (χ1) is 22.5. The van der Waals surface area contributed by atoms with Gasteiger partial charge in [-0.1, -0.05) is 23.7 Å². The van der Waals surface area contributed by atoms with Crippen molar-refractivity contribution in [1.82, 2.24) is 23.8 Å². The summed E-state index contributed by atoms with van der Waals surface area (Å²) in [7, 11) is 0. The number of ether oxygens (including phenoxy) is 1. The second-order valence-electron chi connectivity index (χ2n) is 10.9. The van der Waals surface area contributed by atoms with Crippen LogP contribution in [0, 0.1) is 0 Å². The van der Waals surface area contributed by atoms with Gasteiger partial charge in [-0.15, -0.1) is 0 Å². The van der Waals surface area contributed by atoms with E-state index in [2.05, 4.69) is 21.0 Å². The molecule has 9 nitrogen and oxygen atoms in total. The van der Waals surface area contributed by atoms with Crippen molar-refractivity contribution >= 4 is 39.2 Å². The van der Waals surface area contributed by atoms with Gasteiger partial charge in [0, 0.05) is 41.9 Å². The number of aryl methyl sites for hydroxylation is 1. The molecular weight excluding hydrogens is 703 g/mol. The predicted molar refractivity (Wildman–Crippen MR) is 172 cm³/mol. The lowest BCUT2D eigenvalue weighted by atomic mass is 10.0. The summed E-state index contributed by atoms with van der Waals surface area (Å²) in [4.78, 5) is 42.8. The number of carbonyl (C=O) groups is 2. The van der Waals surface area contributed by atoms with Crippen LogP contribution in [0.25, 0.3) is 11.4 Å². The molecule has 0 spiro atoms. The molecule has 0 atom stereocenters. The zero-order chi connectivity index (χ0) is 33.3. The lowest BCUT2D eigenvalue weighted by Crippen LogP contribution is -2.41. The number of imidazole rings is 1. The Kier molecular flexibility index (Phi) is 9.11. The molecule has 242 valence electrons. The van der Waals surface area contributed by atoms with E-state index in [9.17, 15) is 27.6 Å². The van der Waals surface area contributed by atoms with Gasteiger partial charge in [0.05, 0.1) is 28.6 Å². The predicted octanol–water partition coefficient (Wildman–Crippen LogP) is 6.65. The number of nitrogens with zero attached hydrogens (tertiary/aromatic N) is 5. The molecular formula is C33H26BrClF3N5O4. The van der Waals surface area contributed by atoms with Crippen molar-refractivity contribution in [3.63, 3.8) is 0 Å². The first-order valence-corrected chi connectivity index (χ1v) is 15.7. The van der Waals surface area contributed by atoms with E-state index in [1.54, 1.807) is 34.0 Å². The van der Waals surface area contributed by atoms with Gasteiger partial charge >= 0.3 is 11.9 Å². The topological polar surface area (TPSA) is 91.4 Å². The third-order valence-corrected chi connectivity index (χ3v) is 8.97. The zero-order valence-corrected chi connectivity index (χ0v) is 26.9. The molecule has 0 unspecified atom stereocenters. The fraction of sp³-hybridized carbons (Fsp3) is 0.212. The lowest BCUT2D eigenvalue weighted by molar-refractivity contribution is -0.153. The maximum absolute atomic E-state index is 14.0. The van der Waals surface area contributed by atoms with E-state index < -0.39 is 18.5 Å². The number of aromatic nitrogens is 4. The summed E-state index contributed by atoms with van der Waals surface area (Å²) in [5.41, 5.74) is 2.38. The van der Waals surface area contributed by atoms with Gasteiger partial charge in [-0.2, -0.15) is 18.3 Å². The van der Waals surface area contributed by atoms with Crippen LogP contribution in [0.3, 0.4) is 0 Å². The molecule has 0 saturated heterocycles. The van der Waals surface area contributed by atoms with Gasteiger partial charge in [-0.3, -0.25) is 18.7 Å². The molecule has 5 aromatic rings. The second kappa shape index (κ2) is 13.2. The van der Waals surface area contributed by atoms with E-state index in [1.165, 1.54) is 33.4 Å². The molecule has 1 aliphatic heterocycles. The minimum atomic E-state index is -4.51. The van der Waals surface area contributed by atoms with Crippen molar-refractivity contribution in [3.05, 3.63) is 128 Å².